The molecule has 4 rings (SSSR count). The molecule has 2 aromatic rings. The second-order valence-corrected chi connectivity index (χ2v) is 12.1. The van der Waals surface area contributed by atoms with Gasteiger partial charge in [0.2, 0.25) is 0 Å². The first-order chi connectivity index (χ1) is 18.3. The Hall–Kier alpha value is -3.99. The Balaban J connectivity index is 1.54. The molecule has 2 N–H and O–H groups in total. The topological polar surface area (TPSA) is 97.0 Å². The van der Waals surface area contributed by atoms with E-state index in [1.807, 2.05) is 45.0 Å². The van der Waals surface area contributed by atoms with Crippen LogP contribution in [0.5, 0.6) is 0 Å². The SMILES string of the molecule is C#CCN(c1ccc(C(=O)OC(C)(C)C)cc1)[C@@H]1CCc2cc3c(cc21)C(=O)N[C@@H](COC(=O)C(C)(C)C)N3. The number of terminal acetylenes is 1. The Morgan fingerprint density at radius 1 is 1.08 bits per heavy atom. The summed E-state index contributed by atoms with van der Waals surface area (Å²) >= 11 is 0. The van der Waals surface area contributed by atoms with E-state index in [2.05, 4.69) is 21.5 Å². The molecule has 0 unspecified atom stereocenters. The summed E-state index contributed by atoms with van der Waals surface area (Å²) in [5, 5.41) is 6.19. The molecular weight excluding hydrogens is 494 g/mol. The van der Waals surface area contributed by atoms with E-state index >= 15 is 0 Å². The van der Waals surface area contributed by atoms with Crippen LogP contribution in [0.4, 0.5) is 11.4 Å². The predicted molar refractivity (Wildman–Crippen MR) is 151 cm³/mol. The Bertz CT molecular complexity index is 1310. The van der Waals surface area contributed by atoms with Gasteiger partial charge in [-0.3, -0.25) is 9.59 Å². The third-order valence-electron chi connectivity index (χ3n) is 6.67. The number of fused-ring (bicyclic) bond motifs is 2. The number of hydrogen-bond acceptors (Lipinski definition) is 7. The predicted octanol–water partition coefficient (Wildman–Crippen LogP) is 4.84. The summed E-state index contributed by atoms with van der Waals surface area (Å²) < 4.78 is 10.9. The van der Waals surface area contributed by atoms with Crippen LogP contribution in [0.15, 0.2) is 36.4 Å². The van der Waals surface area contributed by atoms with E-state index < -0.39 is 17.2 Å². The second-order valence-electron chi connectivity index (χ2n) is 12.1. The highest BCUT2D eigenvalue weighted by atomic mass is 16.6. The zero-order valence-electron chi connectivity index (χ0n) is 23.5. The Kier molecular flexibility index (Phi) is 7.65. The Morgan fingerprint density at radius 3 is 2.38 bits per heavy atom. The minimum Gasteiger partial charge on any atom is -0.461 e. The standard InChI is InChI=1S/C31H37N3O5/c1-8-15-34(21-12-9-19(10-13-21)28(36)39-31(5,6)7)25-14-11-20-16-24-23(17-22(20)25)27(35)33-26(32-24)18-38-29(37)30(2,3)4/h1,9-10,12-13,16-17,25-26,32H,11,14-15,18H2,2-7H3,(H,33,35)/t25-,26+/m1/s1. The van der Waals surface area contributed by atoms with Gasteiger partial charge in [-0.1, -0.05) is 5.92 Å². The number of amides is 1. The van der Waals surface area contributed by atoms with Crippen LogP contribution in [-0.2, 0) is 20.7 Å². The quantitative estimate of drug-likeness (QED) is 0.407. The molecule has 0 spiro atoms. The van der Waals surface area contributed by atoms with Crippen molar-refractivity contribution in [3.8, 4) is 12.3 Å². The van der Waals surface area contributed by atoms with Crippen LogP contribution in [0.2, 0.25) is 0 Å². The molecule has 1 heterocycles. The van der Waals surface area contributed by atoms with Gasteiger partial charge in [-0.25, -0.2) is 4.79 Å². The maximum Gasteiger partial charge on any atom is 0.338 e. The maximum absolute atomic E-state index is 13.0. The number of ether oxygens (including phenoxy) is 2. The number of aryl methyl sites for hydroxylation is 1. The molecule has 0 bridgehead atoms. The van der Waals surface area contributed by atoms with Gasteiger partial charge >= 0.3 is 11.9 Å². The molecule has 0 saturated heterocycles. The zero-order chi connectivity index (χ0) is 28.5. The second kappa shape index (κ2) is 10.6. The lowest BCUT2D eigenvalue weighted by atomic mass is 9.97. The first-order valence-corrected chi connectivity index (χ1v) is 13.2. The number of carbonyl (C=O) groups is 3. The fourth-order valence-corrected chi connectivity index (χ4v) is 4.79. The van der Waals surface area contributed by atoms with Gasteiger partial charge < -0.3 is 25.0 Å². The third-order valence-corrected chi connectivity index (χ3v) is 6.67. The summed E-state index contributed by atoms with van der Waals surface area (Å²) in [4.78, 5) is 39.8. The number of nitrogens with one attached hydrogen (secondary N) is 2. The van der Waals surface area contributed by atoms with E-state index in [1.54, 1.807) is 32.9 Å². The van der Waals surface area contributed by atoms with Crippen LogP contribution >= 0.6 is 0 Å². The van der Waals surface area contributed by atoms with Crippen LogP contribution < -0.4 is 15.5 Å². The molecule has 206 valence electrons. The lowest BCUT2D eigenvalue weighted by Crippen LogP contribution is -2.48. The van der Waals surface area contributed by atoms with Gasteiger partial charge in [0.05, 0.1) is 29.1 Å². The monoisotopic (exact) mass is 531 g/mol. The number of rotatable bonds is 6. The Labute approximate surface area is 230 Å². The highest BCUT2D eigenvalue weighted by Gasteiger charge is 2.33. The largest absolute Gasteiger partial charge is 0.461 e. The van der Waals surface area contributed by atoms with Crippen molar-refractivity contribution in [2.45, 2.75) is 72.2 Å². The van der Waals surface area contributed by atoms with Crippen LogP contribution in [-0.4, -0.2) is 42.8 Å². The number of esters is 2. The molecule has 1 aliphatic heterocycles. The van der Waals surface area contributed by atoms with Gasteiger partial charge in [0.25, 0.3) is 5.91 Å². The van der Waals surface area contributed by atoms with Crippen molar-refractivity contribution in [1.82, 2.24) is 5.32 Å². The van der Waals surface area contributed by atoms with Crippen LogP contribution in [0.1, 0.15) is 85.8 Å². The van der Waals surface area contributed by atoms with Crippen molar-refractivity contribution >= 4 is 29.2 Å². The fourth-order valence-electron chi connectivity index (χ4n) is 4.79. The molecule has 1 amide bonds. The van der Waals surface area contributed by atoms with E-state index in [1.165, 1.54) is 0 Å². The molecule has 2 aromatic carbocycles. The number of hydrogen-bond donors (Lipinski definition) is 2. The highest BCUT2D eigenvalue weighted by molar-refractivity contribution is 6.02. The summed E-state index contributed by atoms with van der Waals surface area (Å²) in [5.41, 5.74) is 3.62. The van der Waals surface area contributed by atoms with Crippen molar-refractivity contribution in [2.75, 3.05) is 23.4 Å². The van der Waals surface area contributed by atoms with Gasteiger partial charge in [0.1, 0.15) is 18.4 Å². The average molecular weight is 532 g/mol. The van der Waals surface area contributed by atoms with Gasteiger partial charge in [-0.05, 0) is 102 Å². The molecule has 0 aromatic heterocycles. The Morgan fingerprint density at radius 2 is 1.77 bits per heavy atom. The number of anilines is 2. The van der Waals surface area contributed by atoms with Crippen molar-refractivity contribution in [2.24, 2.45) is 5.41 Å². The zero-order valence-corrected chi connectivity index (χ0v) is 23.5. The minimum atomic E-state index is -0.618. The molecule has 0 saturated carbocycles. The lowest BCUT2D eigenvalue weighted by molar-refractivity contribution is -0.153. The van der Waals surface area contributed by atoms with Gasteiger partial charge in [-0.2, -0.15) is 0 Å². The van der Waals surface area contributed by atoms with Crippen molar-refractivity contribution in [1.29, 1.82) is 0 Å². The molecule has 2 aliphatic rings. The van der Waals surface area contributed by atoms with Crippen LogP contribution in [0, 0.1) is 17.8 Å². The van der Waals surface area contributed by atoms with Crippen molar-refractivity contribution in [3.05, 3.63) is 58.7 Å². The van der Waals surface area contributed by atoms with E-state index in [0.717, 1.165) is 35.3 Å². The summed E-state index contributed by atoms with van der Waals surface area (Å²) in [6.07, 6.45) is 6.91. The van der Waals surface area contributed by atoms with Crippen LogP contribution in [0.3, 0.4) is 0 Å². The molecule has 0 fully saturated rings. The molecular formula is C31H37N3O5. The molecule has 1 aliphatic carbocycles. The third kappa shape index (κ3) is 6.36. The minimum absolute atomic E-state index is 0.0213. The molecule has 2 atom stereocenters. The van der Waals surface area contributed by atoms with Gasteiger partial charge in [-0.15, -0.1) is 6.42 Å². The summed E-state index contributed by atoms with van der Waals surface area (Å²) in [5.74, 6) is 1.83. The molecule has 39 heavy (non-hydrogen) atoms. The smallest absolute Gasteiger partial charge is 0.338 e. The van der Waals surface area contributed by atoms with E-state index in [-0.39, 0.29) is 30.5 Å². The van der Waals surface area contributed by atoms with Crippen molar-refractivity contribution in [3.63, 3.8) is 0 Å². The number of nitrogens with zero attached hydrogens (tertiary/aromatic N) is 1. The molecule has 0 radical (unpaired) electrons. The fraction of sp³-hybridized carbons (Fsp3) is 0.452. The summed E-state index contributed by atoms with van der Waals surface area (Å²) in [7, 11) is 0. The molecule has 8 heteroatoms. The lowest BCUT2D eigenvalue weighted by Gasteiger charge is -2.32. The number of carbonyl (C=O) groups excluding carboxylic acids is 3. The average Bonchev–Trinajstić information content (AvgIpc) is 3.25. The van der Waals surface area contributed by atoms with Gasteiger partial charge in [0.15, 0.2) is 0 Å². The van der Waals surface area contributed by atoms with E-state index in [0.29, 0.717) is 17.7 Å². The van der Waals surface area contributed by atoms with Crippen LogP contribution in [0.25, 0.3) is 0 Å². The molecule has 8 nitrogen and oxygen atoms in total. The van der Waals surface area contributed by atoms with Gasteiger partial charge in [0, 0.05) is 11.4 Å². The normalized spacial score (nSPS) is 18.1. The van der Waals surface area contributed by atoms with E-state index in [4.69, 9.17) is 15.9 Å². The highest BCUT2D eigenvalue weighted by Crippen LogP contribution is 2.41. The summed E-state index contributed by atoms with van der Waals surface area (Å²) in [6.45, 7) is 11.3. The maximum atomic E-state index is 13.0. The van der Waals surface area contributed by atoms with Crippen molar-refractivity contribution < 1.29 is 23.9 Å². The first-order valence-electron chi connectivity index (χ1n) is 13.2. The first kappa shape index (κ1) is 28.0. The van der Waals surface area contributed by atoms with E-state index in [9.17, 15) is 14.4 Å². The summed E-state index contributed by atoms with van der Waals surface area (Å²) in [6, 6.07) is 11.2. The number of benzene rings is 2.